The molecule has 2 aromatic rings. The molecule has 0 atom stereocenters. The van der Waals surface area contributed by atoms with Gasteiger partial charge in [0.1, 0.15) is 5.75 Å². The predicted molar refractivity (Wildman–Crippen MR) is 83.8 cm³/mol. The van der Waals surface area contributed by atoms with E-state index in [4.69, 9.17) is 16.3 Å². The highest BCUT2D eigenvalue weighted by Crippen LogP contribution is 2.39. The van der Waals surface area contributed by atoms with E-state index in [0.717, 1.165) is 11.4 Å². The fourth-order valence-electron chi connectivity index (χ4n) is 2.72. The van der Waals surface area contributed by atoms with Crippen LogP contribution in [0.15, 0.2) is 48.5 Å². The van der Waals surface area contributed by atoms with Crippen molar-refractivity contribution >= 4 is 17.3 Å². The van der Waals surface area contributed by atoms with Crippen LogP contribution >= 0.6 is 11.6 Å². The molecule has 1 N–H and O–H groups in total. The van der Waals surface area contributed by atoms with Crippen LogP contribution in [0, 0.1) is 0 Å². The molecule has 0 amide bonds. The molecule has 104 valence electrons. The van der Waals surface area contributed by atoms with Crippen LogP contribution in [0.3, 0.4) is 0 Å². The largest absolute Gasteiger partial charge is 0.495 e. The molecule has 0 spiro atoms. The summed E-state index contributed by atoms with van der Waals surface area (Å²) in [5.41, 5.74) is 2.52. The Bertz CT molecular complexity index is 579. The summed E-state index contributed by atoms with van der Waals surface area (Å²) in [6, 6.07) is 17.1. The summed E-state index contributed by atoms with van der Waals surface area (Å²) in [6.45, 7) is 0. The molecule has 2 nitrogen and oxygen atoms in total. The van der Waals surface area contributed by atoms with Crippen molar-refractivity contribution in [3.63, 3.8) is 0 Å². The van der Waals surface area contributed by atoms with E-state index < -0.39 is 0 Å². The van der Waals surface area contributed by atoms with Gasteiger partial charge < -0.3 is 10.1 Å². The Labute approximate surface area is 124 Å². The van der Waals surface area contributed by atoms with Gasteiger partial charge in [0.2, 0.25) is 0 Å². The van der Waals surface area contributed by atoms with Crippen LogP contribution < -0.4 is 10.1 Å². The first-order chi connectivity index (χ1) is 9.76. The maximum absolute atomic E-state index is 6.03. The number of anilines is 1. The Morgan fingerprint density at radius 1 is 1.10 bits per heavy atom. The van der Waals surface area contributed by atoms with Crippen molar-refractivity contribution < 1.29 is 4.74 Å². The molecule has 2 aromatic carbocycles. The average molecular weight is 288 g/mol. The smallest absolute Gasteiger partial charge is 0.139 e. The lowest BCUT2D eigenvalue weighted by atomic mass is 9.76. The molecule has 0 aliphatic heterocycles. The van der Waals surface area contributed by atoms with E-state index in [1.54, 1.807) is 7.11 Å². The molecule has 0 bridgehead atoms. The van der Waals surface area contributed by atoms with Crippen LogP contribution in [0.5, 0.6) is 5.75 Å². The molecule has 1 fully saturated rings. The van der Waals surface area contributed by atoms with Gasteiger partial charge in [-0.05, 0) is 36.5 Å². The Hall–Kier alpha value is -1.67. The van der Waals surface area contributed by atoms with Crippen LogP contribution in [-0.2, 0) is 0 Å². The van der Waals surface area contributed by atoms with E-state index in [-0.39, 0.29) is 0 Å². The van der Waals surface area contributed by atoms with Gasteiger partial charge in [0, 0.05) is 17.8 Å². The van der Waals surface area contributed by atoms with E-state index in [9.17, 15) is 0 Å². The molecule has 3 rings (SSSR count). The van der Waals surface area contributed by atoms with E-state index in [1.165, 1.54) is 18.4 Å². The van der Waals surface area contributed by atoms with Crippen LogP contribution in [0.2, 0.25) is 5.02 Å². The first-order valence-electron chi connectivity index (χ1n) is 6.91. The normalized spacial score (nSPS) is 21.1. The Morgan fingerprint density at radius 3 is 2.55 bits per heavy atom. The van der Waals surface area contributed by atoms with Gasteiger partial charge in [-0.15, -0.1) is 0 Å². The third kappa shape index (κ3) is 2.75. The Kier molecular flexibility index (Phi) is 3.83. The van der Waals surface area contributed by atoms with Crippen LogP contribution in [0.25, 0.3) is 0 Å². The van der Waals surface area contributed by atoms with Crippen molar-refractivity contribution in [2.24, 2.45) is 0 Å². The van der Waals surface area contributed by atoms with Gasteiger partial charge in [-0.25, -0.2) is 0 Å². The summed E-state index contributed by atoms with van der Waals surface area (Å²) in [7, 11) is 1.64. The molecule has 0 heterocycles. The lowest BCUT2D eigenvalue weighted by Crippen LogP contribution is -2.33. The molecule has 1 aliphatic carbocycles. The van der Waals surface area contributed by atoms with E-state index in [1.807, 2.05) is 18.2 Å². The van der Waals surface area contributed by atoms with Crippen molar-refractivity contribution in [3.8, 4) is 5.75 Å². The summed E-state index contributed by atoms with van der Waals surface area (Å²) < 4.78 is 5.24. The quantitative estimate of drug-likeness (QED) is 0.879. The van der Waals surface area contributed by atoms with Gasteiger partial charge in [0.05, 0.1) is 12.1 Å². The van der Waals surface area contributed by atoms with Gasteiger partial charge in [0.25, 0.3) is 0 Å². The van der Waals surface area contributed by atoms with E-state index in [0.29, 0.717) is 17.0 Å². The average Bonchev–Trinajstić information content (AvgIpc) is 2.45. The van der Waals surface area contributed by atoms with Gasteiger partial charge in [-0.1, -0.05) is 41.9 Å². The number of halogens is 1. The summed E-state index contributed by atoms with van der Waals surface area (Å²) in [5.74, 6) is 1.40. The van der Waals surface area contributed by atoms with E-state index >= 15 is 0 Å². The number of hydrogen-bond acceptors (Lipinski definition) is 2. The van der Waals surface area contributed by atoms with Gasteiger partial charge in [0.15, 0.2) is 0 Å². The maximum Gasteiger partial charge on any atom is 0.139 e. The van der Waals surface area contributed by atoms with E-state index in [2.05, 4.69) is 35.6 Å². The number of benzene rings is 2. The Morgan fingerprint density at radius 2 is 1.85 bits per heavy atom. The zero-order chi connectivity index (χ0) is 13.9. The minimum atomic E-state index is 0.533. The molecular formula is C17H18ClNO. The number of hydrogen-bond donors (Lipinski definition) is 1. The van der Waals surface area contributed by atoms with Crippen molar-refractivity contribution in [3.05, 3.63) is 59.1 Å². The molecule has 20 heavy (non-hydrogen) atoms. The minimum Gasteiger partial charge on any atom is -0.495 e. The highest BCUT2D eigenvalue weighted by Gasteiger charge is 2.30. The standard InChI is InChI=1S/C17H18ClNO/c1-20-17-11-14(7-8-16(17)18)19-15-9-13(10-15)12-5-3-2-4-6-12/h2-8,11,13,15,19H,9-10H2,1H3. The molecule has 0 saturated heterocycles. The summed E-state index contributed by atoms with van der Waals surface area (Å²) in [4.78, 5) is 0. The van der Waals surface area contributed by atoms with Gasteiger partial charge in [-0.2, -0.15) is 0 Å². The van der Waals surface area contributed by atoms with Crippen molar-refractivity contribution in [1.82, 2.24) is 0 Å². The number of methoxy groups -OCH3 is 1. The second-order valence-electron chi connectivity index (χ2n) is 5.27. The van der Waals surface area contributed by atoms with Crippen molar-refractivity contribution in [2.45, 2.75) is 24.8 Å². The fraction of sp³-hybridized carbons (Fsp3) is 0.294. The highest BCUT2D eigenvalue weighted by molar-refractivity contribution is 6.32. The molecular weight excluding hydrogens is 270 g/mol. The number of ether oxygens (including phenoxy) is 1. The Balaban J connectivity index is 1.59. The first-order valence-corrected chi connectivity index (χ1v) is 7.29. The lowest BCUT2D eigenvalue weighted by Gasteiger charge is -2.37. The first kappa shape index (κ1) is 13.3. The number of nitrogens with one attached hydrogen (secondary N) is 1. The third-order valence-electron chi connectivity index (χ3n) is 3.93. The SMILES string of the molecule is COc1cc(NC2CC(c3ccccc3)C2)ccc1Cl. The maximum atomic E-state index is 6.03. The molecule has 0 unspecified atom stereocenters. The zero-order valence-electron chi connectivity index (χ0n) is 11.5. The minimum absolute atomic E-state index is 0.533. The topological polar surface area (TPSA) is 21.3 Å². The summed E-state index contributed by atoms with van der Waals surface area (Å²) in [5, 5.41) is 4.19. The molecule has 1 aliphatic rings. The summed E-state index contributed by atoms with van der Waals surface area (Å²) in [6.07, 6.45) is 2.35. The third-order valence-corrected chi connectivity index (χ3v) is 4.24. The monoisotopic (exact) mass is 287 g/mol. The zero-order valence-corrected chi connectivity index (χ0v) is 12.2. The van der Waals surface area contributed by atoms with Gasteiger partial charge >= 0.3 is 0 Å². The van der Waals surface area contributed by atoms with Crippen molar-refractivity contribution in [2.75, 3.05) is 12.4 Å². The summed E-state index contributed by atoms with van der Waals surface area (Å²) >= 11 is 6.03. The second kappa shape index (κ2) is 5.76. The fourth-order valence-corrected chi connectivity index (χ4v) is 2.91. The van der Waals surface area contributed by atoms with Crippen LogP contribution in [0.1, 0.15) is 24.3 Å². The molecule has 3 heteroatoms. The predicted octanol–water partition coefficient (Wildman–Crippen LogP) is 4.71. The molecule has 0 aromatic heterocycles. The molecule has 1 saturated carbocycles. The number of rotatable bonds is 4. The van der Waals surface area contributed by atoms with Gasteiger partial charge in [-0.3, -0.25) is 0 Å². The molecule has 0 radical (unpaired) electrons. The van der Waals surface area contributed by atoms with Crippen LogP contribution in [0.4, 0.5) is 5.69 Å². The van der Waals surface area contributed by atoms with Crippen LogP contribution in [-0.4, -0.2) is 13.2 Å². The highest BCUT2D eigenvalue weighted by atomic mass is 35.5. The lowest BCUT2D eigenvalue weighted by molar-refractivity contribution is 0.374. The second-order valence-corrected chi connectivity index (χ2v) is 5.68. The van der Waals surface area contributed by atoms with Crippen molar-refractivity contribution in [1.29, 1.82) is 0 Å².